The van der Waals surface area contributed by atoms with E-state index in [2.05, 4.69) is 10.2 Å². The quantitative estimate of drug-likeness (QED) is 0.762. The van der Waals surface area contributed by atoms with Crippen LogP contribution >= 0.6 is 0 Å². The van der Waals surface area contributed by atoms with E-state index in [1.165, 1.54) is 0 Å². The minimum atomic E-state index is -0.0852. The van der Waals surface area contributed by atoms with Crippen LogP contribution in [0.5, 0.6) is 0 Å². The predicted octanol–water partition coefficient (Wildman–Crippen LogP) is 1.20. The number of morpholine rings is 1. The number of carbonyl (C=O) groups excluding carboxylic acids is 2. The Kier molecular flexibility index (Phi) is 7.46. The smallest absolute Gasteiger partial charge is 0.257 e. The Morgan fingerprint density at radius 2 is 2.00 bits per heavy atom. The zero-order chi connectivity index (χ0) is 18.2. The van der Waals surface area contributed by atoms with Gasteiger partial charge in [-0.2, -0.15) is 0 Å². The summed E-state index contributed by atoms with van der Waals surface area (Å²) in [4.78, 5) is 28.5. The van der Waals surface area contributed by atoms with Crippen LogP contribution in [-0.2, 0) is 9.53 Å². The maximum absolute atomic E-state index is 12.6. The highest BCUT2D eigenvalue weighted by atomic mass is 16.5. The average Bonchev–Trinajstić information content (AvgIpc) is 2.94. The fourth-order valence-corrected chi connectivity index (χ4v) is 2.92. The van der Waals surface area contributed by atoms with Crippen molar-refractivity contribution < 1.29 is 18.7 Å². The van der Waals surface area contributed by atoms with Crippen LogP contribution in [-0.4, -0.2) is 74.1 Å². The van der Waals surface area contributed by atoms with Crippen LogP contribution in [0.1, 0.15) is 35.2 Å². The minimum Gasteiger partial charge on any atom is -0.466 e. The molecular weight excluding hydrogens is 322 g/mol. The molecular formula is C18H29N3O4. The maximum Gasteiger partial charge on any atom is 0.257 e. The predicted molar refractivity (Wildman–Crippen MR) is 94.6 cm³/mol. The van der Waals surface area contributed by atoms with E-state index in [9.17, 15) is 9.59 Å². The molecule has 2 heterocycles. The number of hydrogen-bond donors (Lipinski definition) is 1. The summed E-state index contributed by atoms with van der Waals surface area (Å²) in [5, 5.41) is 2.93. The molecule has 25 heavy (non-hydrogen) atoms. The van der Waals surface area contributed by atoms with E-state index in [4.69, 9.17) is 9.15 Å². The summed E-state index contributed by atoms with van der Waals surface area (Å²) in [6, 6.07) is 1.75. The van der Waals surface area contributed by atoms with Crippen molar-refractivity contribution in [1.29, 1.82) is 0 Å². The molecule has 1 aliphatic heterocycles. The molecule has 1 fully saturated rings. The van der Waals surface area contributed by atoms with Crippen LogP contribution in [0, 0.1) is 13.8 Å². The number of nitrogens with one attached hydrogen (secondary N) is 1. The van der Waals surface area contributed by atoms with E-state index in [0.717, 1.165) is 38.6 Å². The molecule has 7 heteroatoms. The number of carbonyl (C=O) groups is 2. The first kappa shape index (κ1) is 19.5. The Hall–Kier alpha value is -1.86. The molecule has 1 saturated heterocycles. The Balaban J connectivity index is 1.72. The minimum absolute atomic E-state index is 0.0281. The van der Waals surface area contributed by atoms with Gasteiger partial charge in [-0.15, -0.1) is 0 Å². The zero-order valence-electron chi connectivity index (χ0n) is 15.5. The average molecular weight is 351 g/mol. The molecule has 0 bridgehead atoms. The summed E-state index contributed by atoms with van der Waals surface area (Å²) < 4.78 is 10.7. The van der Waals surface area contributed by atoms with Crippen LogP contribution in [0.15, 0.2) is 10.5 Å². The summed E-state index contributed by atoms with van der Waals surface area (Å²) in [5.41, 5.74) is 0.576. The molecule has 1 aromatic heterocycles. The Morgan fingerprint density at radius 1 is 1.28 bits per heavy atom. The molecule has 0 radical (unpaired) electrons. The standard InChI is InChI=1S/C18H29N3O4/c1-4-21(18(23)16-13-14(2)25-15(16)3)7-5-17(22)19-6-8-20-9-11-24-12-10-20/h13H,4-12H2,1-3H3,(H,19,22). The van der Waals surface area contributed by atoms with Crippen LogP contribution < -0.4 is 5.32 Å². The summed E-state index contributed by atoms with van der Waals surface area (Å²) in [6.45, 7) is 11.3. The van der Waals surface area contributed by atoms with Gasteiger partial charge in [-0.05, 0) is 26.8 Å². The van der Waals surface area contributed by atoms with Crippen LogP contribution in [0.25, 0.3) is 0 Å². The van der Waals surface area contributed by atoms with Crippen molar-refractivity contribution in [2.45, 2.75) is 27.2 Å². The topological polar surface area (TPSA) is 75.0 Å². The molecule has 1 aliphatic rings. The maximum atomic E-state index is 12.6. The van der Waals surface area contributed by atoms with Crippen LogP contribution in [0.4, 0.5) is 0 Å². The lowest BCUT2D eigenvalue weighted by Crippen LogP contribution is -2.42. The molecule has 7 nitrogen and oxygen atoms in total. The van der Waals surface area contributed by atoms with Gasteiger partial charge in [0.1, 0.15) is 11.5 Å². The molecule has 2 amide bonds. The lowest BCUT2D eigenvalue weighted by Gasteiger charge is -2.26. The zero-order valence-corrected chi connectivity index (χ0v) is 15.5. The highest BCUT2D eigenvalue weighted by Crippen LogP contribution is 2.16. The SMILES string of the molecule is CCN(CCC(=O)NCCN1CCOCC1)C(=O)c1cc(C)oc1C. The first-order valence-electron chi connectivity index (χ1n) is 8.94. The highest BCUT2D eigenvalue weighted by molar-refractivity contribution is 5.95. The summed E-state index contributed by atoms with van der Waals surface area (Å²) in [5.74, 6) is 1.23. The van der Waals surface area contributed by atoms with Gasteiger partial charge in [-0.25, -0.2) is 0 Å². The van der Waals surface area contributed by atoms with E-state index in [1.807, 2.05) is 13.8 Å². The van der Waals surface area contributed by atoms with Crippen molar-refractivity contribution in [2.24, 2.45) is 0 Å². The van der Waals surface area contributed by atoms with E-state index in [1.54, 1.807) is 17.9 Å². The van der Waals surface area contributed by atoms with E-state index >= 15 is 0 Å². The second kappa shape index (κ2) is 9.58. The normalized spacial score (nSPS) is 15.2. The molecule has 1 aromatic rings. The summed E-state index contributed by atoms with van der Waals surface area (Å²) in [6.07, 6.45) is 0.304. The number of aryl methyl sites for hydroxylation is 2. The number of furan rings is 1. The van der Waals surface area contributed by atoms with Crippen LogP contribution in [0.2, 0.25) is 0 Å². The molecule has 1 N–H and O–H groups in total. The molecule has 0 aromatic carbocycles. The van der Waals surface area contributed by atoms with Gasteiger partial charge in [0, 0.05) is 45.7 Å². The fraction of sp³-hybridized carbons (Fsp3) is 0.667. The number of nitrogens with zero attached hydrogens (tertiary/aromatic N) is 2. The first-order valence-corrected chi connectivity index (χ1v) is 8.94. The largest absolute Gasteiger partial charge is 0.466 e. The van der Waals surface area contributed by atoms with Crippen LogP contribution in [0.3, 0.4) is 0 Å². The molecule has 0 unspecified atom stereocenters. The Labute approximate surface area is 149 Å². The van der Waals surface area contributed by atoms with Gasteiger partial charge < -0.3 is 19.4 Å². The molecule has 140 valence electrons. The second-order valence-corrected chi connectivity index (χ2v) is 6.27. The van der Waals surface area contributed by atoms with Crippen molar-refractivity contribution in [2.75, 3.05) is 52.5 Å². The Morgan fingerprint density at radius 3 is 2.60 bits per heavy atom. The number of amides is 2. The lowest BCUT2D eigenvalue weighted by atomic mass is 10.2. The third-order valence-corrected chi connectivity index (χ3v) is 4.40. The van der Waals surface area contributed by atoms with Gasteiger partial charge in [0.2, 0.25) is 5.91 Å². The van der Waals surface area contributed by atoms with Gasteiger partial charge in [0.25, 0.3) is 5.91 Å². The first-order chi connectivity index (χ1) is 12.0. The van der Waals surface area contributed by atoms with Crippen molar-refractivity contribution >= 4 is 11.8 Å². The van der Waals surface area contributed by atoms with Gasteiger partial charge in [-0.1, -0.05) is 0 Å². The third kappa shape index (κ3) is 5.86. The van der Waals surface area contributed by atoms with E-state index < -0.39 is 0 Å². The lowest BCUT2D eigenvalue weighted by molar-refractivity contribution is -0.121. The number of ether oxygens (including phenoxy) is 1. The van der Waals surface area contributed by atoms with Gasteiger partial charge in [0.05, 0.1) is 18.8 Å². The number of rotatable bonds is 8. The molecule has 0 spiro atoms. The monoisotopic (exact) mass is 351 g/mol. The summed E-state index contributed by atoms with van der Waals surface area (Å²) >= 11 is 0. The van der Waals surface area contributed by atoms with Crippen molar-refractivity contribution in [3.63, 3.8) is 0 Å². The van der Waals surface area contributed by atoms with Gasteiger partial charge in [0.15, 0.2) is 0 Å². The van der Waals surface area contributed by atoms with Crippen molar-refractivity contribution in [1.82, 2.24) is 15.1 Å². The molecule has 0 saturated carbocycles. The molecule has 0 atom stereocenters. The molecule has 0 aliphatic carbocycles. The highest BCUT2D eigenvalue weighted by Gasteiger charge is 2.20. The van der Waals surface area contributed by atoms with E-state index in [-0.39, 0.29) is 11.8 Å². The molecule has 2 rings (SSSR count). The second-order valence-electron chi connectivity index (χ2n) is 6.27. The summed E-state index contributed by atoms with van der Waals surface area (Å²) in [7, 11) is 0. The number of hydrogen-bond acceptors (Lipinski definition) is 5. The Bertz CT molecular complexity index is 579. The van der Waals surface area contributed by atoms with Gasteiger partial charge >= 0.3 is 0 Å². The van der Waals surface area contributed by atoms with Crippen molar-refractivity contribution in [3.05, 3.63) is 23.2 Å². The third-order valence-electron chi connectivity index (χ3n) is 4.40. The van der Waals surface area contributed by atoms with Gasteiger partial charge in [-0.3, -0.25) is 14.5 Å². The fourth-order valence-electron chi connectivity index (χ4n) is 2.92. The van der Waals surface area contributed by atoms with E-state index in [0.29, 0.717) is 37.4 Å². The van der Waals surface area contributed by atoms with Crippen molar-refractivity contribution in [3.8, 4) is 0 Å².